The number of thioether (sulfide) groups is 1. The van der Waals surface area contributed by atoms with E-state index in [2.05, 4.69) is 10.6 Å². The van der Waals surface area contributed by atoms with Crippen molar-refractivity contribution in [3.8, 4) is 0 Å². The largest absolute Gasteiger partial charge is 0.341 e. The van der Waals surface area contributed by atoms with Gasteiger partial charge >= 0.3 is 0 Å². The third-order valence-corrected chi connectivity index (χ3v) is 5.55. The van der Waals surface area contributed by atoms with Crippen LogP contribution in [0.5, 0.6) is 0 Å². The van der Waals surface area contributed by atoms with E-state index < -0.39 is 0 Å². The molecule has 0 spiro atoms. The van der Waals surface area contributed by atoms with Gasteiger partial charge in [0, 0.05) is 36.8 Å². The average Bonchev–Trinajstić information content (AvgIpc) is 2.65. The van der Waals surface area contributed by atoms with E-state index in [1.807, 2.05) is 40.9 Å². The molecule has 25 heavy (non-hydrogen) atoms. The lowest BCUT2D eigenvalue weighted by Crippen LogP contribution is -2.38. The van der Waals surface area contributed by atoms with Gasteiger partial charge in [-0.3, -0.25) is 9.59 Å². The van der Waals surface area contributed by atoms with Crippen molar-refractivity contribution in [2.24, 2.45) is 5.92 Å². The summed E-state index contributed by atoms with van der Waals surface area (Å²) >= 11 is 1.90. The van der Waals surface area contributed by atoms with Crippen molar-refractivity contribution >= 4 is 41.7 Å². The lowest BCUT2D eigenvalue weighted by atomic mass is 9.99. The summed E-state index contributed by atoms with van der Waals surface area (Å²) in [6.07, 6.45) is 2.43. The van der Waals surface area contributed by atoms with Crippen molar-refractivity contribution in [3.63, 3.8) is 0 Å². The Morgan fingerprint density at radius 2 is 1.92 bits per heavy atom. The number of carbonyl (C=O) groups excluding carboxylic acids is 2. The number of halogens is 1. The minimum atomic E-state index is 0. The molecule has 2 aliphatic rings. The van der Waals surface area contributed by atoms with E-state index in [9.17, 15) is 9.59 Å². The lowest BCUT2D eigenvalue weighted by molar-refractivity contribution is -0.130. The standard InChI is InChI=1S/C18H25N3O2S.ClH/c22-17(21-8-10-24-11-9-21)12-14-3-5-16(6-4-14)20-18(23)15-2-1-7-19-13-15;/h3-6,15,19H,1-2,7-13H2,(H,20,23);1H. The van der Waals surface area contributed by atoms with Gasteiger partial charge in [-0.25, -0.2) is 0 Å². The third kappa shape index (κ3) is 5.90. The molecule has 1 aromatic rings. The Morgan fingerprint density at radius 3 is 2.56 bits per heavy atom. The maximum atomic E-state index is 12.3. The summed E-state index contributed by atoms with van der Waals surface area (Å²) in [4.78, 5) is 26.4. The van der Waals surface area contributed by atoms with E-state index in [-0.39, 0.29) is 30.1 Å². The number of anilines is 1. The molecule has 1 unspecified atom stereocenters. The van der Waals surface area contributed by atoms with E-state index >= 15 is 0 Å². The molecular formula is C18H26ClN3O2S. The zero-order valence-electron chi connectivity index (χ0n) is 14.3. The number of piperidine rings is 1. The van der Waals surface area contributed by atoms with Crippen LogP contribution in [-0.2, 0) is 16.0 Å². The Kier molecular flexibility index (Phi) is 8.06. The van der Waals surface area contributed by atoms with E-state index in [4.69, 9.17) is 0 Å². The number of nitrogens with zero attached hydrogens (tertiary/aromatic N) is 1. The maximum absolute atomic E-state index is 12.3. The summed E-state index contributed by atoms with van der Waals surface area (Å²) in [5.74, 6) is 2.40. The minimum absolute atomic E-state index is 0. The molecule has 0 radical (unpaired) electrons. The van der Waals surface area contributed by atoms with Crippen LogP contribution in [0.1, 0.15) is 18.4 Å². The Bertz CT molecular complexity index is 519. The molecule has 1 atom stereocenters. The minimum Gasteiger partial charge on any atom is -0.341 e. The highest BCUT2D eigenvalue weighted by Crippen LogP contribution is 2.16. The molecule has 0 aromatic heterocycles. The number of carbonyl (C=O) groups is 2. The predicted molar refractivity (Wildman–Crippen MR) is 106 cm³/mol. The number of hydrogen-bond donors (Lipinski definition) is 2. The fraction of sp³-hybridized carbons (Fsp3) is 0.556. The van der Waals surface area contributed by atoms with Gasteiger partial charge in [-0.05, 0) is 37.1 Å². The highest BCUT2D eigenvalue weighted by atomic mass is 35.5. The van der Waals surface area contributed by atoms with E-state index in [0.29, 0.717) is 6.42 Å². The first-order valence-corrected chi connectivity index (χ1v) is 9.84. The van der Waals surface area contributed by atoms with Crippen LogP contribution in [-0.4, -0.2) is 54.4 Å². The normalized spacial score (nSPS) is 20.5. The zero-order chi connectivity index (χ0) is 16.8. The van der Waals surface area contributed by atoms with Crippen LogP contribution in [0, 0.1) is 5.92 Å². The molecule has 2 heterocycles. The van der Waals surface area contributed by atoms with E-state index in [1.165, 1.54) is 0 Å². The fourth-order valence-corrected chi connectivity index (χ4v) is 4.03. The van der Waals surface area contributed by atoms with Crippen LogP contribution >= 0.6 is 24.2 Å². The Labute approximate surface area is 159 Å². The molecule has 2 saturated heterocycles. The summed E-state index contributed by atoms with van der Waals surface area (Å²) in [6, 6.07) is 7.66. The summed E-state index contributed by atoms with van der Waals surface area (Å²) in [5.41, 5.74) is 1.80. The van der Waals surface area contributed by atoms with Gasteiger partial charge in [0.2, 0.25) is 11.8 Å². The fourth-order valence-electron chi connectivity index (χ4n) is 3.13. The highest BCUT2D eigenvalue weighted by molar-refractivity contribution is 7.99. The van der Waals surface area contributed by atoms with Crippen molar-refractivity contribution in [2.75, 3.05) is 43.0 Å². The SMILES string of the molecule is Cl.O=C(Nc1ccc(CC(=O)N2CCSCC2)cc1)C1CCCNC1. The second kappa shape index (κ2) is 10.0. The number of nitrogens with one attached hydrogen (secondary N) is 2. The van der Waals surface area contributed by atoms with Crippen LogP contribution in [0.25, 0.3) is 0 Å². The van der Waals surface area contributed by atoms with Crippen LogP contribution < -0.4 is 10.6 Å². The first-order valence-electron chi connectivity index (χ1n) is 8.68. The van der Waals surface area contributed by atoms with Crippen molar-refractivity contribution in [1.29, 1.82) is 0 Å². The van der Waals surface area contributed by atoms with Gasteiger partial charge in [0.05, 0.1) is 12.3 Å². The van der Waals surface area contributed by atoms with Gasteiger partial charge in [-0.15, -0.1) is 12.4 Å². The molecule has 1 aromatic carbocycles. The Morgan fingerprint density at radius 1 is 1.20 bits per heavy atom. The van der Waals surface area contributed by atoms with Crippen LogP contribution in [0.4, 0.5) is 5.69 Å². The first kappa shape index (κ1) is 20.1. The molecule has 2 aliphatic heterocycles. The van der Waals surface area contributed by atoms with E-state index in [1.54, 1.807) is 0 Å². The van der Waals surface area contributed by atoms with Crippen molar-refractivity contribution in [3.05, 3.63) is 29.8 Å². The lowest BCUT2D eigenvalue weighted by Gasteiger charge is -2.26. The third-order valence-electron chi connectivity index (χ3n) is 4.61. The highest BCUT2D eigenvalue weighted by Gasteiger charge is 2.21. The second-order valence-corrected chi connectivity index (χ2v) is 7.62. The summed E-state index contributed by atoms with van der Waals surface area (Å²) in [5, 5.41) is 6.24. The maximum Gasteiger partial charge on any atom is 0.228 e. The molecule has 0 bridgehead atoms. The van der Waals surface area contributed by atoms with Crippen LogP contribution in [0.15, 0.2) is 24.3 Å². The number of amides is 2. The summed E-state index contributed by atoms with van der Waals surface area (Å²) in [6.45, 7) is 3.47. The summed E-state index contributed by atoms with van der Waals surface area (Å²) < 4.78 is 0. The molecule has 138 valence electrons. The molecule has 7 heteroatoms. The Hall–Kier alpha value is -1.24. The molecule has 3 rings (SSSR count). The monoisotopic (exact) mass is 383 g/mol. The molecule has 2 fully saturated rings. The molecular weight excluding hydrogens is 358 g/mol. The summed E-state index contributed by atoms with van der Waals surface area (Å²) in [7, 11) is 0. The van der Waals surface area contributed by atoms with Crippen LogP contribution in [0.3, 0.4) is 0 Å². The van der Waals surface area contributed by atoms with Crippen molar-refractivity contribution in [1.82, 2.24) is 10.2 Å². The quantitative estimate of drug-likeness (QED) is 0.836. The topological polar surface area (TPSA) is 61.4 Å². The number of hydrogen-bond acceptors (Lipinski definition) is 4. The molecule has 0 saturated carbocycles. The average molecular weight is 384 g/mol. The van der Waals surface area contributed by atoms with E-state index in [0.717, 1.165) is 61.8 Å². The molecule has 2 N–H and O–H groups in total. The van der Waals surface area contributed by atoms with Gasteiger partial charge in [0.25, 0.3) is 0 Å². The van der Waals surface area contributed by atoms with Gasteiger partial charge in [0.15, 0.2) is 0 Å². The van der Waals surface area contributed by atoms with Crippen LogP contribution in [0.2, 0.25) is 0 Å². The smallest absolute Gasteiger partial charge is 0.228 e. The molecule has 2 amide bonds. The zero-order valence-corrected chi connectivity index (χ0v) is 16.0. The van der Waals surface area contributed by atoms with Gasteiger partial charge < -0.3 is 15.5 Å². The van der Waals surface area contributed by atoms with Crippen molar-refractivity contribution in [2.45, 2.75) is 19.3 Å². The molecule has 0 aliphatic carbocycles. The number of rotatable bonds is 4. The Balaban J connectivity index is 0.00000225. The van der Waals surface area contributed by atoms with Gasteiger partial charge in [-0.1, -0.05) is 12.1 Å². The first-order chi connectivity index (χ1) is 11.7. The van der Waals surface area contributed by atoms with Gasteiger partial charge in [0.1, 0.15) is 0 Å². The predicted octanol–water partition coefficient (Wildman–Crippen LogP) is 2.16. The second-order valence-electron chi connectivity index (χ2n) is 6.40. The molecule has 5 nitrogen and oxygen atoms in total. The number of benzene rings is 1. The van der Waals surface area contributed by atoms with Gasteiger partial charge in [-0.2, -0.15) is 11.8 Å². The van der Waals surface area contributed by atoms with Crippen molar-refractivity contribution < 1.29 is 9.59 Å².